The summed E-state index contributed by atoms with van der Waals surface area (Å²) >= 11 is 0. The number of anilines is 1. The van der Waals surface area contributed by atoms with Gasteiger partial charge in [0.05, 0.1) is 33.1 Å². The molecule has 0 unspecified atom stereocenters. The van der Waals surface area contributed by atoms with Crippen LogP contribution in [0.15, 0.2) is 52.3 Å². The van der Waals surface area contributed by atoms with Crippen LogP contribution in [0, 0.1) is 0 Å². The van der Waals surface area contributed by atoms with Crippen molar-refractivity contribution in [1.82, 2.24) is 15.5 Å². The number of carbonyl (C=O) groups is 1. The van der Waals surface area contributed by atoms with Crippen LogP contribution < -0.4 is 10.0 Å². The fraction of sp³-hybridized carbons (Fsp3) is 0.176. The van der Waals surface area contributed by atoms with Gasteiger partial charge in [-0.1, -0.05) is 12.1 Å². The van der Waals surface area contributed by atoms with E-state index < -0.39 is 19.9 Å². The lowest BCUT2D eigenvalue weighted by molar-refractivity contribution is -0.120. The number of aromatic amines is 1. The molecule has 0 radical (unpaired) electrons. The van der Waals surface area contributed by atoms with Crippen LogP contribution in [0.25, 0.3) is 10.9 Å². The third kappa shape index (κ3) is 3.99. The van der Waals surface area contributed by atoms with Gasteiger partial charge in [0.2, 0.25) is 5.91 Å². The van der Waals surface area contributed by atoms with E-state index in [2.05, 4.69) is 20.2 Å². The normalized spacial score (nSPS) is 12.1. The van der Waals surface area contributed by atoms with Crippen molar-refractivity contribution in [3.63, 3.8) is 0 Å². The van der Waals surface area contributed by atoms with Crippen LogP contribution in [0.5, 0.6) is 0 Å². The zero-order valence-electron chi connectivity index (χ0n) is 15.1. The van der Waals surface area contributed by atoms with Crippen molar-refractivity contribution < 1.29 is 21.6 Å². The van der Waals surface area contributed by atoms with Crippen LogP contribution in [0.1, 0.15) is 5.69 Å². The number of rotatable bonds is 6. The molecule has 28 heavy (non-hydrogen) atoms. The molecule has 3 rings (SSSR count). The van der Waals surface area contributed by atoms with E-state index >= 15 is 0 Å². The molecule has 11 heteroatoms. The SMILES string of the molecule is CNC(=O)Cc1[nH]nc2ccc(S(=O)(=O)Nc3ccccc3S(C)(=O)=O)cc12. The van der Waals surface area contributed by atoms with E-state index in [0.717, 1.165) is 6.26 Å². The van der Waals surface area contributed by atoms with E-state index in [-0.39, 0.29) is 27.8 Å². The van der Waals surface area contributed by atoms with Crippen molar-refractivity contribution in [2.75, 3.05) is 18.0 Å². The molecule has 0 atom stereocenters. The van der Waals surface area contributed by atoms with Crippen molar-refractivity contribution in [3.05, 3.63) is 48.2 Å². The van der Waals surface area contributed by atoms with Crippen LogP contribution in [-0.4, -0.2) is 46.2 Å². The lowest BCUT2D eigenvalue weighted by Gasteiger charge is -2.11. The second kappa shape index (κ2) is 7.24. The Labute approximate surface area is 162 Å². The molecule has 0 aliphatic heterocycles. The molecule has 0 spiro atoms. The fourth-order valence-electron chi connectivity index (χ4n) is 2.67. The van der Waals surface area contributed by atoms with Gasteiger partial charge in [0, 0.05) is 18.7 Å². The molecular weight excluding hydrogens is 404 g/mol. The summed E-state index contributed by atoms with van der Waals surface area (Å²) in [5.74, 6) is -0.251. The molecule has 148 valence electrons. The highest BCUT2D eigenvalue weighted by Gasteiger charge is 2.21. The van der Waals surface area contributed by atoms with E-state index in [9.17, 15) is 21.6 Å². The second-order valence-electron chi connectivity index (χ2n) is 6.10. The van der Waals surface area contributed by atoms with Crippen molar-refractivity contribution in [2.24, 2.45) is 0 Å². The summed E-state index contributed by atoms with van der Waals surface area (Å²) in [5, 5.41) is 9.77. The summed E-state index contributed by atoms with van der Waals surface area (Å²) in [7, 11) is -6.20. The zero-order chi connectivity index (χ0) is 20.5. The minimum absolute atomic E-state index is 0.0147. The number of nitrogens with one attached hydrogen (secondary N) is 3. The number of fused-ring (bicyclic) bond motifs is 1. The first kappa shape index (κ1) is 19.8. The Morgan fingerprint density at radius 1 is 1.11 bits per heavy atom. The highest BCUT2D eigenvalue weighted by molar-refractivity contribution is 7.93. The molecule has 1 heterocycles. The minimum atomic E-state index is -4.07. The first-order chi connectivity index (χ1) is 13.1. The maximum absolute atomic E-state index is 12.8. The predicted octanol–water partition coefficient (Wildman–Crippen LogP) is 1.06. The number of para-hydroxylation sites is 1. The predicted molar refractivity (Wildman–Crippen MR) is 104 cm³/mol. The Hall–Kier alpha value is -2.92. The van der Waals surface area contributed by atoms with Gasteiger partial charge in [0.25, 0.3) is 10.0 Å². The van der Waals surface area contributed by atoms with E-state index in [1.54, 1.807) is 0 Å². The number of hydrogen-bond donors (Lipinski definition) is 3. The Morgan fingerprint density at radius 2 is 1.82 bits per heavy atom. The Morgan fingerprint density at radius 3 is 2.50 bits per heavy atom. The van der Waals surface area contributed by atoms with Crippen molar-refractivity contribution in [1.29, 1.82) is 0 Å². The monoisotopic (exact) mass is 422 g/mol. The van der Waals surface area contributed by atoms with E-state index in [4.69, 9.17) is 0 Å². The molecule has 3 aromatic rings. The number of hydrogen-bond acceptors (Lipinski definition) is 6. The van der Waals surface area contributed by atoms with Gasteiger partial charge < -0.3 is 5.32 Å². The van der Waals surface area contributed by atoms with Crippen LogP contribution in [0.4, 0.5) is 5.69 Å². The molecule has 0 saturated heterocycles. The molecule has 0 saturated carbocycles. The van der Waals surface area contributed by atoms with Crippen molar-refractivity contribution in [3.8, 4) is 0 Å². The van der Waals surface area contributed by atoms with Gasteiger partial charge in [-0.2, -0.15) is 5.10 Å². The maximum atomic E-state index is 12.8. The standard InChI is InChI=1S/C17H18N4O5S2/c1-18-17(22)10-15-12-9-11(7-8-13(12)19-20-15)28(25,26)21-14-5-3-4-6-16(14)27(2,23)24/h3-9,21H,10H2,1-2H3,(H,18,22)(H,19,20). The molecule has 1 aromatic heterocycles. The number of aromatic nitrogens is 2. The van der Waals surface area contributed by atoms with Crippen LogP contribution in [0.3, 0.4) is 0 Å². The fourth-order valence-corrected chi connectivity index (χ4v) is 4.69. The maximum Gasteiger partial charge on any atom is 0.261 e. The largest absolute Gasteiger partial charge is 0.359 e. The molecule has 0 fully saturated rings. The molecule has 0 bridgehead atoms. The summed E-state index contributed by atoms with van der Waals surface area (Å²) in [4.78, 5) is 11.4. The topological polar surface area (TPSA) is 138 Å². The van der Waals surface area contributed by atoms with Gasteiger partial charge in [-0.05, 0) is 30.3 Å². The number of nitrogens with zero attached hydrogens (tertiary/aromatic N) is 1. The molecular formula is C17H18N4O5S2. The third-order valence-electron chi connectivity index (χ3n) is 4.06. The highest BCUT2D eigenvalue weighted by atomic mass is 32.2. The number of amides is 1. The summed E-state index contributed by atoms with van der Waals surface area (Å²) in [5.41, 5.74) is 0.945. The average Bonchev–Trinajstić information content (AvgIpc) is 3.03. The molecule has 1 amide bonds. The van der Waals surface area contributed by atoms with Crippen LogP contribution in [-0.2, 0) is 31.1 Å². The number of carbonyl (C=O) groups excluding carboxylic acids is 1. The lowest BCUT2D eigenvalue weighted by Crippen LogP contribution is -2.20. The summed E-state index contributed by atoms with van der Waals surface area (Å²) < 4.78 is 51.8. The van der Waals surface area contributed by atoms with Gasteiger partial charge in [-0.15, -0.1) is 0 Å². The number of likely N-dealkylation sites (N-methyl/N-ethyl adjacent to an activating group) is 1. The van der Waals surface area contributed by atoms with Crippen molar-refractivity contribution in [2.45, 2.75) is 16.2 Å². The van der Waals surface area contributed by atoms with E-state index in [0.29, 0.717) is 16.6 Å². The molecule has 2 aromatic carbocycles. The molecule has 3 N–H and O–H groups in total. The van der Waals surface area contributed by atoms with E-state index in [1.165, 1.54) is 49.5 Å². The van der Waals surface area contributed by atoms with Crippen LogP contribution >= 0.6 is 0 Å². The molecule has 0 aliphatic rings. The average molecular weight is 422 g/mol. The Balaban J connectivity index is 2.02. The Bertz CT molecular complexity index is 1260. The summed E-state index contributed by atoms with van der Waals surface area (Å²) in [6.07, 6.45) is 1.02. The smallest absolute Gasteiger partial charge is 0.261 e. The third-order valence-corrected chi connectivity index (χ3v) is 6.58. The number of benzene rings is 2. The van der Waals surface area contributed by atoms with Crippen LogP contribution in [0.2, 0.25) is 0 Å². The van der Waals surface area contributed by atoms with E-state index in [1.807, 2.05) is 0 Å². The first-order valence-corrected chi connectivity index (χ1v) is 11.5. The number of sulfone groups is 1. The molecule has 0 aliphatic carbocycles. The Kier molecular flexibility index (Phi) is 5.13. The summed E-state index contributed by atoms with van der Waals surface area (Å²) in [6.45, 7) is 0. The minimum Gasteiger partial charge on any atom is -0.359 e. The number of H-pyrrole nitrogens is 1. The first-order valence-electron chi connectivity index (χ1n) is 8.11. The zero-order valence-corrected chi connectivity index (χ0v) is 16.7. The summed E-state index contributed by atoms with van der Waals surface area (Å²) in [6, 6.07) is 10.0. The number of sulfonamides is 1. The van der Waals surface area contributed by atoms with Gasteiger partial charge in [-0.3, -0.25) is 14.6 Å². The van der Waals surface area contributed by atoms with Gasteiger partial charge in [0.1, 0.15) is 0 Å². The highest BCUT2D eigenvalue weighted by Crippen LogP contribution is 2.26. The molecule has 9 nitrogen and oxygen atoms in total. The van der Waals surface area contributed by atoms with Crippen molar-refractivity contribution >= 4 is 42.4 Å². The van der Waals surface area contributed by atoms with Gasteiger partial charge >= 0.3 is 0 Å². The lowest BCUT2D eigenvalue weighted by atomic mass is 10.1. The second-order valence-corrected chi connectivity index (χ2v) is 9.77. The quantitative estimate of drug-likeness (QED) is 0.543. The van der Waals surface area contributed by atoms with Gasteiger partial charge in [-0.25, -0.2) is 16.8 Å². The van der Waals surface area contributed by atoms with Gasteiger partial charge in [0.15, 0.2) is 9.84 Å².